The highest BCUT2D eigenvalue weighted by molar-refractivity contribution is 4.86. The number of aliphatic hydroxyl groups excluding tert-OH is 1. The summed E-state index contributed by atoms with van der Waals surface area (Å²) in [4.78, 5) is 0. The molecule has 0 aliphatic carbocycles. The van der Waals surface area contributed by atoms with Crippen LogP contribution in [0.5, 0.6) is 0 Å². The summed E-state index contributed by atoms with van der Waals surface area (Å²) in [6.45, 7) is -24.9. The fourth-order valence-corrected chi connectivity index (χ4v) is 6.50. The highest BCUT2D eigenvalue weighted by atomic mass is 19.5. The van der Waals surface area contributed by atoms with Crippen molar-refractivity contribution in [2.24, 2.45) is 32.5 Å². The highest BCUT2D eigenvalue weighted by Gasteiger charge is 2.62. The Morgan fingerprint density at radius 1 is 0.178 bits per heavy atom. The first-order chi connectivity index (χ1) is 39.8. The van der Waals surface area contributed by atoms with Gasteiger partial charge in [0.1, 0.15) is 39.6 Å². The van der Waals surface area contributed by atoms with E-state index in [9.17, 15) is 137 Å². The first-order valence-electron chi connectivity index (χ1n) is 25.5. The fourth-order valence-electron chi connectivity index (χ4n) is 6.50. The first kappa shape index (κ1) is 87.4. The van der Waals surface area contributed by atoms with Crippen LogP contribution < -0.4 is 0 Å². The maximum Gasteiger partial charge on any atom is 0.455 e. The van der Waals surface area contributed by atoms with Crippen molar-refractivity contribution in [3.8, 4) is 0 Å². The second kappa shape index (κ2) is 32.4. The molecule has 5 unspecified atom stereocenters. The van der Waals surface area contributed by atoms with Crippen molar-refractivity contribution in [1.82, 2.24) is 0 Å². The smallest absolute Gasteiger partial charge is 0.396 e. The van der Waals surface area contributed by atoms with Crippen LogP contribution in [-0.2, 0) is 52.1 Å². The van der Waals surface area contributed by atoms with Crippen molar-refractivity contribution in [2.75, 3.05) is 152 Å². The molecule has 0 aromatic carbocycles. The molecule has 542 valence electrons. The molecule has 0 saturated carbocycles. The van der Waals surface area contributed by atoms with Crippen LogP contribution in [0.15, 0.2) is 0 Å². The second-order valence-electron chi connectivity index (χ2n) is 24.0. The molecular formula is C48H68F30O12. The van der Waals surface area contributed by atoms with Crippen molar-refractivity contribution in [1.29, 1.82) is 0 Å². The van der Waals surface area contributed by atoms with Crippen LogP contribution in [0.3, 0.4) is 0 Å². The molecule has 0 fully saturated rings. The zero-order valence-electron chi connectivity index (χ0n) is 48.5. The normalized spacial score (nSPS) is 18.1. The molecule has 0 aromatic rings. The van der Waals surface area contributed by atoms with Gasteiger partial charge in [-0.15, -0.1) is 0 Å². The third-order valence-corrected chi connectivity index (χ3v) is 11.9. The summed E-state index contributed by atoms with van der Waals surface area (Å²) in [5, 5.41) is 9.86. The van der Waals surface area contributed by atoms with Gasteiger partial charge in [0.25, 0.3) is 0 Å². The Morgan fingerprint density at radius 2 is 0.289 bits per heavy atom. The molecule has 0 saturated heterocycles. The summed E-state index contributed by atoms with van der Waals surface area (Å²) < 4.78 is 452. The quantitative estimate of drug-likeness (QED) is 0.0584. The Bertz CT molecular complexity index is 2070. The maximum absolute atomic E-state index is 14.0. The third-order valence-electron chi connectivity index (χ3n) is 11.9. The molecule has 0 radical (unpaired) electrons. The number of ether oxygens (including phenoxy) is 11. The maximum atomic E-state index is 14.0. The highest BCUT2D eigenvalue weighted by Crippen LogP contribution is 2.42. The first-order valence-corrected chi connectivity index (χ1v) is 25.5. The van der Waals surface area contributed by atoms with E-state index < -0.39 is 257 Å². The summed E-state index contributed by atoms with van der Waals surface area (Å²) in [7, 11) is 0. The Kier molecular flexibility index (Phi) is 31.5. The molecule has 0 spiro atoms. The minimum absolute atomic E-state index is 0.680. The van der Waals surface area contributed by atoms with Crippen LogP contribution in [0, 0.1) is 32.5 Å². The Balaban J connectivity index is 7.09. The zero-order valence-corrected chi connectivity index (χ0v) is 48.5. The van der Waals surface area contributed by atoms with E-state index >= 15 is 0 Å². The average molecular weight is 1410 g/mol. The van der Waals surface area contributed by atoms with Crippen LogP contribution in [0.1, 0.15) is 48.5 Å². The zero-order chi connectivity index (χ0) is 71.0. The van der Waals surface area contributed by atoms with E-state index in [0.29, 0.717) is 0 Å². The lowest BCUT2D eigenvalue weighted by Crippen LogP contribution is -2.45. The minimum atomic E-state index is -6.27. The van der Waals surface area contributed by atoms with E-state index in [-0.39, 0.29) is 0 Å². The molecule has 0 aliphatic rings. The fraction of sp³-hybridized carbons (Fsp3) is 1.00. The number of halogens is 30. The van der Waals surface area contributed by atoms with Gasteiger partial charge in [-0.25, -0.2) is 0 Å². The van der Waals surface area contributed by atoms with Gasteiger partial charge in [0.2, 0.25) is 0 Å². The van der Waals surface area contributed by atoms with Gasteiger partial charge < -0.3 is 57.2 Å². The van der Waals surface area contributed by atoms with Crippen molar-refractivity contribution >= 4 is 0 Å². The van der Waals surface area contributed by atoms with Crippen LogP contribution in [-0.4, -0.2) is 230 Å². The molecule has 12 nitrogen and oxygen atoms in total. The van der Waals surface area contributed by atoms with Gasteiger partial charge in [-0.05, 0) is 0 Å². The Labute approximate surface area is 494 Å². The number of rotatable bonds is 45. The molecule has 5 atom stereocenters. The standard InChI is InChI=1S/C48H68F30O12/c1-31(2,10-81-25-37(49,50)43(61,62)63)9-80-13-33(4,21-87-27-39(53,54)45(67,68)69)15-83-17-35(6,23-89-29-41(57,58)47(73,74)75)19-85-20-36(7,24-90-30-42(59,60)48(76,77)78)18-84-16-34(5,22-88-28-40(55,56)46(70,71)72)14-82-11-32(3,8-79)12-86-26-38(51,52)44(64,65)66/h79H,8-30H2,1-7H3. The molecule has 0 rings (SSSR count). The number of hydrogen-bond donors (Lipinski definition) is 1. The van der Waals surface area contributed by atoms with E-state index in [2.05, 4.69) is 28.4 Å². The second-order valence-corrected chi connectivity index (χ2v) is 24.0. The Hall–Kier alpha value is -2.58. The largest absolute Gasteiger partial charge is 0.455 e. The lowest BCUT2D eigenvalue weighted by molar-refractivity contribution is -0.299. The molecule has 0 aliphatic heterocycles. The van der Waals surface area contributed by atoms with Gasteiger partial charge in [-0.2, -0.15) is 132 Å². The molecule has 90 heavy (non-hydrogen) atoms. The third kappa shape index (κ3) is 30.0. The summed E-state index contributed by atoms with van der Waals surface area (Å²) >= 11 is 0. The van der Waals surface area contributed by atoms with Crippen LogP contribution in [0.25, 0.3) is 0 Å². The van der Waals surface area contributed by atoms with Gasteiger partial charge in [-0.1, -0.05) is 48.5 Å². The summed E-state index contributed by atoms with van der Waals surface area (Å²) in [6.07, 6.45) is -37.1. The summed E-state index contributed by atoms with van der Waals surface area (Å²) in [6, 6.07) is 0. The number of aliphatic hydroxyl groups is 1. The number of hydrogen-bond acceptors (Lipinski definition) is 12. The molecule has 0 bridgehead atoms. The van der Waals surface area contributed by atoms with Crippen LogP contribution in [0.2, 0.25) is 0 Å². The SMILES string of the molecule is CC(C)(COCC(C)(COCC(C)(COCC(C)(COCC(C)(COCC(C)(CO)COCC(F)(F)C(F)(F)F)COCC(F)(F)C(F)(F)F)COCC(F)(F)C(F)(F)F)COCC(F)(F)C(F)(F)F)COCC(F)(F)C(F)(F)F)COCC(F)(F)C(F)(F)F. The predicted molar refractivity (Wildman–Crippen MR) is 246 cm³/mol. The van der Waals surface area contributed by atoms with E-state index in [1.165, 1.54) is 13.8 Å². The molecule has 0 amide bonds. The van der Waals surface area contributed by atoms with Crippen LogP contribution in [0.4, 0.5) is 132 Å². The van der Waals surface area contributed by atoms with Crippen molar-refractivity contribution in [3.05, 3.63) is 0 Å². The molecule has 42 heteroatoms. The predicted octanol–water partition coefficient (Wildman–Crippen LogP) is 13.4. The Morgan fingerprint density at radius 3 is 0.422 bits per heavy atom. The molecule has 0 heterocycles. The van der Waals surface area contributed by atoms with E-state index in [1.807, 2.05) is 0 Å². The van der Waals surface area contributed by atoms with Gasteiger partial charge in [0.05, 0.1) is 112 Å². The van der Waals surface area contributed by atoms with Crippen molar-refractivity contribution in [2.45, 2.75) is 121 Å². The summed E-state index contributed by atoms with van der Waals surface area (Å²) in [5.74, 6) is -33.0. The molecule has 1 N–H and O–H groups in total. The topological polar surface area (TPSA) is 122 Å². The van der Waals surface area contributed by atoms with Crippen LogP contribution >= 0.6 is 0 Å². The van der Waals surface area contributed by atoms with Gasteiger partial charge >= 0.3 is 72.6 Å². The molecular weight excluding hydrogens is 1340 g/mol. The van der Waals surface area contributed by atoms with E-state index in [4.69, 9.17) is 23.7 Å². The minimum Gasteiger partial charge on any atom is -0.396 e. The van der Waals surface area contributed by atoms with E-state index in [1.54, 1.807) is 0 Å². The van der Waals surface area contributed by atoms with Gasteiger partial charge in [0, 0.05) is 32.5 Å². The lowest BCUT2D eigenvalue weighted by Gasteiger charge is -2.36. The van der Waals surface area contributed by atoms with E-state index in [0.717, 1.165) is 34.6 Å². The summed E-state index contributed by atoms with van der Waals surface area (Å²) in [5.41, 5.74) is -11.7. The molecule has 0 aromatic heterocycles. The average Bonchev–Trinajstić information content (AvgIpc) is 0.963. The monoisotopic (exact) mass is 1410 g/mol. The van der Waals surface area contributed by atoms with Gasteiger partial charge in [0.15, 0.2) is 0 Å². The number of alkyl halides is 30. The lowest BCUT2D eigenvalue weighted by atomic mass is 9.91. The van der Waals surface area contributed by atoms with Crippen molar-refractivity contribution < 1.29 is 189 Å². The van der Waals surface area contributed by atoms with Gasteiger partial charge in [-0.3, -0.25) is 0 Å². The van der Waals surface area contributed by atoms with Crippen molar-refractivity contribution in [3.63, 3.8) is 0 Å².